The van der Waals surface area contributed by atoms with Crippen LogP contribution in [-0.4, -0.2) is 46.1 Å². The van der Waals surface area contributed by atoms with Crippen molar-refractivity contribution in [3.8, 4) is 0 Å². The minimum absolute atomic E-state index is 0. The maximum absolute atomic E-state index is 3.78. The molecule has 0 radical (unpaired) electrons. The minimum Gasteiger partial charge on any atom is -0.346 e. The fourth-order valence-electron chi connectivity index (χ4n) is 1.56. The molecule has 0 unspecified atom stereocenters. The van der Waals surface area contributed by atoms with Gasteiger partial charge in [0, 0.05) is 0 Å². The van der Waals surface area contributed by atoms with Crippen molar-refractivity contribution in [2.24, 2.45) is 0 Å². The van der Waals surface area contributed by atoms with Crippen molar-refractivity contribution in [2.75, 3.05) is 0 Å². The maximum atomic E-state index is 3.78. The Hall–Kier alpha value is 1.53. The second-order valence-corrected chi connectivity index (χ2v) is 5.39. The van der Waals surface area contributed by atoms with E-state index in [2.05, 4.69) is 48.5 Å². The van der Waals surface area contributed by atoms with Gasteiger partial charge >= 0.3 is 46.1 Å². The van der Waals surface area contributed by atoms with Crippen LogP contribution in [0.25, 0.3) is 0 Å². The molecular formula is C22H48Mg2. The molecule has 0 fully saturated rings. The Balaban J connectivity index is -0.0000000482. The summed E-state index contributed by atoms with van der Waals surface area (Å²) in [5.74, 6) is 0. The van der Waals surface area contributed by atoms with Crippen molar-refractivity contribution in [1.29, 1.82) is 0 Å². The quantitative estimate of drug-likeness (QED) is 0.198. The monoisotopic (exact) mass is 360 g/mol. The molecule has 0 aliphatic rings. The molecule has 0 spiro atoms. The topological polar surface area (TPSA) is 0 Å². The van der Waals surface area contributed by atoms with Crippen LogP contribution in [0.4, 0.5) is 0 Å². The van der Waals surface area contributed by atoms with Crippen LogP contribution in [0.2, 0.25) is 0 Å². The van der Waals surface area contributed by atoms with Crippen molar-refractivity contribution in [1.82, 2.24) is 0 Å². The van der Waals surface area contributed by atoms with Gasteiger partial charge in [0.25, 0.3) is 0 Å². The fraction of sp³-hybridized carbons (Fsp3) is 0.818. The second-order valence-electron chi connectivity index (χ2n) is 5.39. The van der Waals surface area contributed by atoms with E-state index in [1.165, 1.54) is 70.6 Å². The van der Waals surface area contributed by atoms with Gasteiger partial charge in [0.2, 0.25) is 0 Å². The van der Waals surface area contributed by atoms with Gasteiger partial charge in [-0.1, -0.05) is 91.4 Å². The number of hydrogen-bond acceptors (Lipinski definition) is 0. The first-order chi connectivity index (χ1) is 10.7. The van der Waals surface area contributed by atoms with Crippen LogP contribution in [0.5, 0.6) is 0 Å². The molecule has 0 aliphatic carbocycles. The first kappa shape index (κ1) is 40.3. The van der Waals surface area contributed by atoms with Crippen LogP contribution in [0, 0.1) is 27.7 Å². The Kier molecular flexibility index (Phi) is 94.5. The standard InChI is InChI=1S/2C8H17.C4H9.C2H5.2Mg/c2*1-3-5-7-8-6-4-2;1-3-4-2;1-2;;/h2*1,3-8H2,2H3;1,3-4H2,2H3;1H2,2H3;;/q4*-1;2*+2. The van der Waals surface area contributed by atoms with Crippen molar-refractivity contribution in [3.05, 3.63) is 27.7 Å². The number of unbranched alkanes of at least 4 members (excludes halogenated alkanes) is 11. The SMILES string of the molecule is [CH2-]C.[CH2-]CCC.[CH2-]CCCCCCC.[CH2-]CCCCCCC.[Mg+2].[Mg+2]. The van der Waals surface area contributed by atoms with E-state index in [4.69, 9.17) is 0 Å². The molecule has 140 valence electrons. The average molecular weight is 361 g/mol. The summed E-state index contributed by atoms with van der Waals surface area (Å²) in [5.41, 5.74) is 0. The van der Waals surface area contributed by atoms with Crippen LogP contribution in [0.15, 0.2) is 0 Å². The third kappa shape index (κ3) is 76.1. The van der Waals surface area contributed by atoms with Crippen molar-refractivity contribution >= 4 is 46.1 Å². The van der Waals surface area contributed by atoms with Gasteiger partial charge in [-0.25, -0.2) is 0 Å². The van der Waals surface area contributed by atoms with Gasteiger partial charge in [-0.15, -0.1) is 0 Å². The predicted octanol–water partition coefficient (Wildman–Crippen LogP) is 8.06. The van der Waals surface area contributed by atoms with E-state index in [9.17, 15) is 0 Å². The Morgan fingerprint density at radius 3 is 0.833 bits per heavy atom. The van der Waals surface area contributed by atoms with E-state index in [0.717, 1.165) is 19.3 Å². The summed E-state index contributed by atoms with van der Waals surface area (Å²) in [5, 5.41) is 0. The zero-order chi connectivity index (χ0) is 17.9. The van der Waals surface area contributed by atoms with E-state index >= 15 is 0 Å². The first-order valence-electron chi connectivity index (χ1n) is 9.83. The third-order valence-electron chi connectivity index (χ3n) is 3.06. The molecule has 0 heterocycles. The summed E-state index contributed by atoms with van der Waals surface area (Å²) in [6.07, 6.45) is 18.2. The smallest absolute Gasteiger partial charge is 0.346 e. The molecule has 0 amide bonds. The van der Waals surface area contributed by atoms with Gasteiger partial charge in [-0.3, -0.25) is 0 Å². The summed E-state index contributed by atoms with van der Waals surface area (Å²) in [6, 6.07) is 0. The Morgan fingerprint density at radius 1 is 0.417 bits per heavy atom. The molecule has 0 aromatic carbocycles. The zero-order valence-corrected chi connectivity index (χ0v) is 21.0. The number of hydrogen-bond donors (Lipinski definition) is 0. The van der Waals surface area contributed by atoms with E-state index in [0.29, 0.717) is 0 Å². The Bertz CT molecular complexity index is 90.5. The molecule has 0 rings (SSSR count). The molecule has 24 heavy (non-hydrogen) atoms. The van der Waals surface area contributed by atoms with E-state index in [1.807, 2.05) is 0 Å². The van der Waals surface area contributed by atoms with Crippen LogP contribution in [0.1, 0.15) is 118 Å². The van der Waals surface area contributed by atoms with Crippen LogP contribution >= 0.6 is 0 Å². The molecule has 0 aliphatic heterocycles. The number of rotatable bonds is 11. The van der Waals surface area contributed by atoms with Crippen LogP contribution in [0.3, 0.4) is 0 Å². The summed E-state index contributed by atoms with van der Waals surface area (Å²) >= 11 is 0. The van der Waals surface area contributed by atoms with Gasteiger partial charge in [0.1, 0.15) is 0 Å². The summed E-state index contributed by atoms with van der Waals surface area (Å²) in [6.45, 7) is 22.8. The van der Waals surface area contributed by atoms with E-state index in [1.54, 1.807) is 6.92 Å². The van der Waals surface area contributed by atoms with Crippen LogP contribution < -0.4 is 0 Å². The molecule has 0 N–H and O–H groups in total. The minimum atomic E-state index is 0. The predicted molar refractivity (Wildman–Crippen MR) is 120 cm³/mol. The summed E-state index contributed by atoms with van der Waals surface area (Å²) < 4.78 is 0. The zero-order valence-electron chi connectivity index (χ0n) is 18.1. The van der Waals surface area contributed by atoms with Gasteiger partial charge in [-0.05, 0) is 0 Å². The molecule has 0 saturated carbocycles. The Morgan fingerprint density at radius 2 is 0.667 bits per heavy atom. The molecule has 0 aromatic heterocycles. The molecule has 0 atom stereocenters. The van der Waals surface area contributed by atoms with Crippen molar-refractivity contribution in [2.45, 2.75) is 118 Å². The largest absolute Gasteiger partial charge is 2.00 e. The van der Waals surface area contributed by atoms with Gasteiger partial charge in [-0.2, -0.15) is 26.2 Å². The molecular weight excluding hydrogens is 313 g/mol. The van der Waals surface area contributed by atoms with E-state index in [-0.39, 0.29) is 46.1 Å². The molecule has 0 aromatic rings. The van der Waals surface area contributed by atoms with Crippen LogP contribution in [-0.2, 0) is 0 Å². The third-order valence-corrected chi connectivity index (χ3v) is 3.06. The van der Waals surface area contributed by atoms with Gasteiger partial charge < -0.3 is 27.7 Å². The average Bonchev–Trinajstić information content (AvgIpc) is 2.58. The molecule has 0 nitrogen and oxygen atoms in total. The second kappa shape index (κ2) is 56.3. The first-order valence-corrected chi connectivity index (χ1v) is 9.83. The molecule has 0 saturated heterocycles. The normalized spacial score (nSPS) is 8.00. The van der Waals surface area contributed by atoms with Gasteiger partial charge in [0.15, 0.2) is 0 Å². The van der Waals surface area contributed by atoms with Crippen molar-refractivity contribution < 1.29 is 0 Å². The van der Waals surface area contributed by atoms with Crippen molar-refractivity contribution in [3.63, 3.8) is 0 Å². The maximum Gasteiger partial charge on any atom is 2.00 e. The van der Waals surface area contributed by atoms with Gasteiger partial charge in [0.05, 0.1) is 0 Å². The summed E-state index contributed by atoms with van der Waals surface area (Å²) in [7, 11) is 0. The summed E-state index contributed by atoms with van der Waals surface area (Å²) in [4.78, 5) is 0. The van der Waals surface area contributed by atoms with E-state index < -0.39 is 0 Å². The molecule has 2 heteroatoms. The Labute approximate surface area is 190 Å². The fourth-order valence-corrected chi connectivity index (χ4v) is 1.56. The molecule has 0 bridgehead atoms.